The van der Waals surface area contributed by atoms with E-state index >= 15 is 8.78 Å². The maximum atomic E-state index is 17.4. The fourth-order valence-electron chi connectivity index (χ4n) is 12.5. The zero-order valence-corrected chi connectivity index (χ0v) is 41.9. The van der Waals surface area contributed by atoms with Crippen molar-refractivity contribution >= 4 is 50.2 Å². The largest absolute Gasteiger partial charge is 0.468 e. The molecule has 2 amide bonds. The van der Waals surface area contributed by atoms with Crippen LogP contribution in [-0.4, -0.2) is 124 Å². The molecule has 72 heavy (non-hydrogen) atoms. The Bertz CT molecular complexity index is 3050. The van der Waals surface area contributed by atoms with Crippen molar-refractivity contribution in [2.75, 3.05) is 71.2 Å². The second-order valence-electron chi connectivity index (χ2n) is 21.6. The lowest BCUT2D eigenvalue weighted by Gasteiger charge is -2.42. The third kappa shape index (κ3) is 9.39. The number of methoxy groups -OCH3 is 1. The van der Waals surface area contributed by atoms with Crippen LogP contribution in [0.5, 0.6) is 11.8 Å². The molecule has 0 bridgehead atoms. The number of benzene rings is 3. The number of fused-ring (bicyclic) bond motifs is 3. The minimum absolute atomic E-state index is 0.00946. The summed E-state index contributed by atoms with van der Waals surface area (Å²) in [4.78, 5) is 46.4. The number of imide groups is 1. The number of hydrogen-bond acceptors (Lipinski definition) is 12. The van der Waals surface area contributed by atoms with Crippen LogP contribution in [0.3, 0.4) is 0 Å². The van der Waals surface area contributed by atoms with E-state index < -0.39 is 11.4 Å². The Labute approximate surface area is 419 Å². The number of piperidine rings is 4. The number of para-hydroxylation sites is 1. The highest BCUT2D eigenvalue weighted by Crippen LogP contribution is 2.48. The molecule has 6 aromatic rings. The molecule has 380 valence electrons. The van der Waals surface area contributed by atoms with Gasteiger partial charge >= 0.3 is 6.01 Å². The van der Waals surface area contributed by atoms with Gasteiger partial charge in [0.25, 0.3) is 0 Å². The highest BCUT2D eigenvalue weighted by molar-refractivity contribution is 6.04. The zero-order valence-electron chi connectivity index (χ0n) is 41.9. The molecule has 1 unspecified atom stereocenters. The molecular formula is C56H66F2N8O6. The van der Waals surface area contributed by atoms with Gasteiger partial charge in [0, 0.05) is 75.0 Å². The molecule has 7 heterocycles. The summed E-state index contributed by atoms with van der Waals surface area (Å²) in [6, 6.07) is 13.7. The lowest BCUT2D eigenvalue weighted by molar-refractivity contribution is -0.134. The Kier molecular flexibility index (Phi) is 13.2. The zero-order chi connectivity index (χ0) is 49.9. The summed E-state index contributed by atoms with van der Waals surface area (Å²) in [6.07, 6.45) is 12.8. The predicted molar refractivity (Wildman–Crippen MR) is 272 cm³/mol. The molecule has 5 fully saturated rings. The Balaban J connectivity index is 0.776. The van der Waals surface area contributed by atoms with Gasteiger partial charge in [-0.05, 0) is 149 Å². The second kappa shape index (κ2) is 19.6. The van der Waals surface area contributed by atoms with Crippen LogP contribution in [-0.2, 0) is 27.8 Å². The standard InChI is InChI=1S/C56H66F2N8O6/c1-5-38-45(57)12-10-35-26-37(72-33-70-4)27-42(47(35)38)49-48(58)50-43(28-59-49)52(66-21-7-18-55(2,69)30-66)62-54(61-50)71-32-56(19-20-56)31-64-22-16-36(17-23-64)65-24-14-34(15-25-65)39-8-6-9-40-44(29-63(3)51(39)40)41-11-13-46(67)60-53(41)68/h6,8-10,12,26-29,34,36,41,69H,5,7,11,13-25,30-33H2,1-4H3,(H,60,67,68)/t41?,55-/m1/s1. The van der Waals surface area contributed by atoms with Crippen LogP contribution in [0.4, 0.5) is 14.6 Å². The van der Waals surface area contributed by atoms with Crippen molar-refractivity contribution in [3.8, 4) is 23.0 Å². The number of aliphatic hydroxyl groups is 1. The number of anilines is 1. The second-order valence-corrected chi connectivity index (χ2v) is 21.6. The fourth-order valence-corrected chi connectivity index (χ4v) is 12.5. The van der Waals surface area contributed by atoms with Crippen molar-refractivity contribution < 1.29 is 37.7 Å². The summed E-state index contributed by atoms with van der Waals surface area (Å²) >= 11 is 0. The molecule has 5 aliphatic rings. The van der Waals surface area contributed by atoms with Crippen molar-refractivity contribution in [1.29, 1.82) is 0 Å². The number of carbonyl (C=O) groups is 2. The Hall–Kier alpha value is -5.81. The first kappa shape index (κ1) is 48.5. The predicted octanol–water partition coefficient (Wildman–Crippen LogP) is 8.53. The molecule has 4 saturated heterocycles. The van der Waals surface area contributed by atoms with E-state index in [2.05, 4.69) is 51.1 Å². The van der Waals surface area contributed by atoms with Crippen molar-refractivity contribution in [1.82, 2.24) is 34.6 Å². The van der Waals surface area contributed by atoms with Crippen molar-refractivity contribution in [2.24, 2.45) is 12.5 Å². The molecule has 16 heteroatoms. The van der Waals surface area contributed by atoms with Gasteiger partial charge in [0.2, 0.25) is 11.8 Å². The van der Waals surface area contributed by atoms with Gasteiger partial charge in [-0.15, -0.1) is 0 Å². The molecule has 3 aromatic heterocycles. The van der Waals surface area contributed by atoms with E-state index in [0.717, 1.165) is 88.6 Å². The summed E-state index contributed by atoms with van der Waals surface area (Å²) in [5.74, 6) is -0.424. The number of hydrogen-bond donors (Lipinski definition) is 2. The topological polar surface area (TPSA) is 147 Å². The fraction of sp³-hybridized carbons (Fsp3) is 0.518. The van der Waals surface area contributed by atoms with Gasteiger partial charge in [-0.2, -0.15) is 9.97 Å². The van der Waals surface area contributed by atoms with Gasteiger partial charge in [-0.3, -0.25) is 19.9 Å². The number of pyridine rings is 1. The Morgan fingerprint density at radius 1 is 0.917 bits per heavy atom. The van der Waals surface area contributed by atoms with Crippen LogP contribution in [0.2, 0.25) is 0 Å². The van der Waals surface area contributed by atoms with Gasteiger partial charge in [0.1, 0.15) is 28.6 Å². The summed E-state index contributed by atoms with van der Waals surface area (Å²) in [6.45, 7) is 10.0. The first-order chi connectivity index (χ1) is 34.8. The highest BCUT2D eigenvalue weighted by Gasteiger charge is 2.46. The van der Waals surface area contributed by atoms with Gasteiger partial charge in [0.05, 0.1) is 29.0 Å². The van der Waals surface area contributed by atoms with E-state index in [0.29, 0.717) is 96.2 Å². The minimum Gasteiger partial charge on any atom is -0.468 e. The number of likely N-dealkylation sites (tertiary alicyclic amines) is 2. The molecule has 14 nitrogen and oxygen atoms in total. The highest BCUT2D eigenvalue weighted by atomic mass is 19.1. The molecule has 2 N–H and O–H groups in total. The van der Waals surface area contributed by atoms with Crippen molar-refractivity contribution in [3.05, 3.63) is 83.2 Å². The van der Waals surface area contributed by atoms with Gasteiger partial charge in [-0.25, -0.2) is 8.78 Å². The number of rotatable bonds is 14. The number of carbonyl (C=O) groups excluding carboxylic acids is 2. The Morgan fingerprint density at radius 2 is 1.72 bits per heavy atom. The number of aromatic nitrogens is 4. The molecule has 3 aromatic carbocycles. The molecule has 1 saturated carbocycles. The van der Waals surface area contributed by atoms with Gasteiger partial charge in [0.15, 0.2) is 12.6 Å². The van der Waals surface area contributed by atoms with E-state index in [9.17, 15) is 14.7 Å². The molecule has 2 atom stereocenters. The monoisotopic (exact) mass is 985 g/mol. The molecule has 1 aliphatic carbocycles. The number of ether oxygens (including phenoxy) is 3. The summed E-state index contributed by atoms with van der Waals surface area (Å²) in [7, 11) is 3.60. The molecule has 0 spiro atoms. The lowest BCUT2D eigenvalue weighted by Crippen LogP contribution is -2.48. The number of β-amino-alcohol motifs (C(OH)–C–C–N with tert-alkyl or cyclic N) is 1. The SMILES string of the molecule is CCc1c(F)ccc2cc(OCOC)cc(-c3ncc4c(N5CCC[C@@](C)(O)C5)nc(OCC5(CN6CCC(N7CCC(c8cccc9c(C%10CCC(=O)NC%10=O)cn(C)c89)CC7)CC6)CC5)nc4c3F)c12. The molecule has 11 rings (SSSR count). The molecular weight excluding hydrogens is 919 g/mol. The average molecular weight is 985 g/mol. The maximum Gasteiger partial charge on any atom is 0.319 e. The quantitative estimate of drug-likeness (QED) is 0.0797. The van der Waals surface area contributed by atoms with Crippen molar-refractivity contribution in [2.45, 2.75) is 108 Å². The van der Waals surface area contributed by atoms with Gasteiger partial charge in [-0.1, -0.05) is 31.2 Å². The minimum atomic E-state index is -0.961. The maximum absolute atomic E-state index is 17.4. The third-order valence-corrected chi connectivity index (χ3v) is 16.5. The van der Waals surface area contributed by atoms with Crippen LogP contribution in [0.25, 0.3) is 43.8 Å². The third-order valence-electron chi connectivity index (χ3n) is 16.5. The molecule has 0 radical (unpaired) electrons. The number of nitrogens with one attached hydrogen (secondary N) is 1. The van der Waals surface area contributed by atoms with Gasteiger partial charge < -0.3 is 38.6 Å². The average Bonchev–Trinajstić information content (AvgIpc) is 4.06. The summed E-state index contributed by atoms with van der Waals surface area (Å²) < 4.78 is 52.5. The first-order valence-electron chi connectivity index (χ1n) is 26.0. The molecule has 4 aliphatic heterocycles. The number of aryl methyl sites for hydroxylation is 2. The first-order valence-corrected chi connectivity index (χ1v) is 26.0. The van der Waals surface area contributed by atoms with E-state index in [1.165, 1.54) is 24.3 Å². The van der Waals surface area contributed by atoms with Crippen LogP contribution in [0, 0.1) is 17.0 Å². The normalized spacial score (nSPS) is 22.5. The van der Waals surface area contributed by atoms with E-state index in [4.69, 9.17) is 29.2 Å². The number of nitrogens with zero attached hydrogens (tertiary/aromatic N) is 7. The summed E-state index contributed by atoms with van der Waals surface area (Å²) in [5, 5.41) is 16.5. The van der Waals surface area contributed by atoms with E-state index in [-0.39, 0.29) is 53.0 Å². The number of halogens is 2. The van der Waals surface area contributed by atoms with E-state index in [1.807, 2.05) is 18.7 Å². The van der Waals surface area contributed by atoms with Crippen LogP contribution in [0.15, 0.2) is 54.9 Å². The van der Waals surface area contributed by atoms with Crippen LogP contribution < -0.4 is 19.7 Å². The van der Waals surface area contributed by atoms with Crippen molar-refractivity contribution in [3.63, 3.8) is 0 Å². The summed E-state index contributed by atoms with van der Waals surface area (Å²) in [5.41, 5.74) is 3.43. The number of amides is 2. The van der Waals surface area contributed by atoms with Crippen LogP contribution >= 0.6 is 0 Å². The smallest absolute Gasteiger partial charge is 0.319 e. The Morgan fingerprint density at radius 3 is 2.46 bits per heavy atom. The lowest BCUT2D eigenvalue weighted by atomic mass is 9.85. The van der Waals surface area contributed by atoms with E-state index in [1.54, 1.807) is 24.4 Å². The van der Waals surface area contributed by atoms with Crippen LogP contribution in [0.1, 0.15) is 107 Å².